The van der Waals surface area contributed by atoms with Gasteiger partial charge in [0.1, 0.15) is 5.82 Å². The molecule has 1 aliphatic heterocycles. The van der Waals surface area contributed by atoms with E-state index in [9.17, 15) is 4.79 Å². The molecular weight excluding hydrogens is 256 g/mol. The molecule has 6 nitrogen and oxygen atoms in total. The molecule has 0 N–H and O–H groups in total. The van der Waals surface area contributed by atoms with E-state index in [4.69, 9.17) is 4.74 Å². The van der Waals surface area contributed by atoms with Gasteiger partial charge in [0.25, 0.3) is 5.91 Å². The maximum absolute atomic E-state index is 12.2. The Morgan fingerprint density at radius 3 is 2.70 bits per heavy atom. The minimum Gasteiger partial charge on any atom is -0.363 e. The third-order valence-electron chi connectivity index (χ3n) is 3.45. The lowest BCUT2D eigenvalue weighted by Gasteiger charge is -2.40. The maximum Gasteiger partial charge on any atom is 0.255 e. The number of carbonyl (C=O) groups excluding carboxylic acids is 1. The van der Waals surface area contributed by atoms with Crippen molar-refractivity contribution in [3.05, 3.63) is 23.8 Å². The van der Waals surface area contributed by atoms with Crippen molar-refractivity contribution in [3.63, 3.8) is 0 Å². The molecule has 1 atom stereocenters. The van der Waals surface area contributed by atoms with E-state index in [1.54, 1.807) is 19.0 Å². The molecular formula is C14H22N4O2. The summed E-state index contributed by atoms with van der Waals surface area (Å²) in [6.07, 6.45) is 3.67. The summed E-state index contributed by atoms with van der Waals surface area (Å²) in [6.45, 7) is 6.41. The van der Waals surface area contributed by atoms with Crippen LogP contribution in [0.1, 0.15) is 18.3 Å². The van der Waals surface area contributed by atoms with Gasteiger partial charge in [0.2, 0.25) is 0 Å². The van der Waals surface area contributed by atoms with Crippen LogP contribution < -0.4 is 0 Å². The number of rotatable bonds is 3. The van der Waals surface area contributed by atoms with Crippen LogP contribution in [0.15, 0.2) is 12.4 Å². The van der Waals surface area contributed by atoms with Gasteiger partial charge in [-0.15, -0.1) is 0 Å². The number of aryl methyl sites for hydroxylation is 1. The number of aromatic nitrogens is 2. The Hall–Kier alpha value is -1.53. The Balaban J connectivity index is 2.03. The Morgan fingerprint density at radius 2 is 2.10 bits per heavy atom. The van der Waals surface area contributed by atoms with Crippen molar-refractivity contribution >= 4 is 5.91 Å². The zero-order valence-electron chi connectivity index (χ0n) is 12.6. The highest BCUT2D eigenvalue weighted by atomic mass is 16.5. The van der Waals surface area contributed by atoms with E-state index in [-0.39, 0.29) is 5.91 Å². The molecule has 0 aromatic carbocycles. The second-order valence-corrected chi connectivity index (χ2v) is 5.63. The third kappa shape index (κ3) is 3.32. The molecule has 1 unspecified atom stereocenters. The molecule has 0 bridgehead atoms. The van der Waals surface area contributed by atoms with Gasteiger partial charge in [-0.3, -0.25) is 9.69 Å². The second kappa shape index (κ2) is 5.85. The standard InChI is InChI=1S/C14H22N4O2/c1-11-15-7-12(8-16-11)9-18-5-6-20-14(2,10-18)13(19)17(3)4/h7-8H,5-6,9-10H2,1-4H3. The van der Waals surface area contributed by atoms with Gasteiger partial charge in [0, 0.05) is 51.7 Å². The number of morpholine rings is 1. The van der Waals surface area contributed by atoms with E-state index in [1.807, 2.05) is 26.2 Å². The quantitative estimate of drug-likeness (QED) is 0.804. The fraction of sp³-hybridized carbons (Fsp3) is 0.643. The zero-order chi connectivity index (χ0) is 14.8. The van der Waals surface area contributed by atoms with Crippen molar-refractivity contribution in [2.24, 2.45) is 0 Å². The van der Waals surface area contributed by atoms with Gasteiger partial charge in [0.15, 0.2) is 5.60 Å². The van der Waals surface area contributed by atoms with E-state index in [1.165, 1.54) is 0 Å². The molecule has 0 spiro atoms. The largest absolute Gasteiger partial charge is 0.363 e. The van der Waals surface area contributed by atoms with Crippen molar-refractivity contribution in [1.29, 1.82) is 0 Å². The number of carbonyl (C=O) groups is 1. The number of hydrogen-bond acceptors (Lipinski definition) is 5. The first kappa shape index (κ1) is 14.9. The van der Waals surface area contributed by atoms with Gasteiger partial charge in [-0.2, -0.15) is 0 Å². The highest BCUT2D eigenvalue weighted by molar-refractivity contribution is 5.84. The molecule has 110 valence electrons. The van der Waals surface area contributed by atoms with Crippen LogP contribution in [0, 0.1) is 6.92 Å². The maximum atomic E-state index is 12.2. The average Bonchev–Trinajstić information content (AvgIpc) is 2.40. The molecule has 1 aromatic rings. The van der Waals surface area contributed by atoms with Crippen molar-refractivity contribution in [2.75, 3.05) is 33.8 Å². The first-order valence-corrected chi connectivity index (χ1v) is 6.76. The molecule has 0 aliphatic carbocycles. The van der Waals surface area contributed by atoms with Crippen LogP contribution in [0.2, 0.25) is 0 Å². The predicted molar refractivity (Wildman–Crippen MR) is 75.1 cm³/mol. The number of nitrogens with zero attached hydrogens (tertiary/aromatic N) is 4. The Kier molecular flexibility index (Phi) is 4.35. The lowest BCUT2D eigenvalue weighted by atomic mass is 10.0. The molecule has 1 aliphatic rings. The lowest BCUT2D eigenvalue weighted by molar-refractivity contribution is -0.165. The van der Waals surface area contributed by atoms with Gasteiger partial charge in [-0.1, -0.05) is 0 Å². The molecule has 2 heterocycles. The number of likely N-dealkylation sites (N-methyl/N-ethyl adjacent to an activating group) is 1. The first-order valence-electron chi connectivity index (χ1n) is 6.76. The molecule has 1 aromatic heterocycles. The Bertz CT molecular complexity index is 475. The number of hydrogen-bond donors (Lipinski definition) is 0. The first-order chi connectivity index (χ1) is 9.40. The molecule has 1 fully saturated rings. The molecule has 2 rings (SSSR count). The van der Waals surface area contributed by atoms with E-state index in [2.05, 4.69) is 14.9 Å². The van der Waals surface area contributed by atoms with Crippen LogP contribution in [0.25, 0.3) is 0 Å². The van der Waals surface area contributed by atoms with Gasteiger partial charge in [0.05, 0.1) is 6.61 Å². The SMILES string of the molecule is Cc1ncc(CN2CCOC(C)(C(=O)N(C)C)C2)cn1. The van der Waals surface area contributed by atoms with Crippen molar-refractivity contribution in [3.8, 4) is 0 Å². The average molecular weight is 278 g/mol. The molecule has 1 amide bonds. The predicted octanol–water partition coefficient (Wildman–Crippen LogP) is 0.464. The highest BCUT2D eigenvalue weighted by Gasteiger charge is 2.40. The zero-order valence-corrected chi connectivity index (χ0v) is 12.6. The van der Waals surface area contributed by atoms with Crippen LogP contribution in [0.3, 0.4) is 0 Å². The van der Waals surface area contributed by atoms with Crippen molar-refractivity contribution in [2.45, 2.75) is 26.0 Å². The molecule has 0 saturated carbocycles. The summed E-state index contributed by atoms with van der Waals surface area (Å²) in [7, 11) is 3.51. The van der Waals surface area contributed by atoms with Gasteiger partial charge in [-0.05, 0) is 13.8 Å². The van der Waals surface area contributed by atoms with Crippen LogP contribution in [0.4, 0.5) is 0 Å². The monoisotopic (exact) mass is 278 g/mol. The molecule has 0 radical (unpaired) electrons. The summed E-state index contributed by atoms with van der Waals surface area (Å²) in [5.41, 5.74) is 0.282. The van der Waals surface area contributed by atoms with E-state index < -0.39 is 5.60 Å². The topological polar surface area (TPSA) is 58.6 Å². The van der Waals surface area contributed by atoms with Crippen LogP contribution in [0.5, 0.6) is 0 Å². The number of ether oxygens (including phenoxy) is 1. The minimum atomic E-state index is -0.771. The lowest BCUT2D eigenvalue weighted by Crippen LogP contribution is -2.57. The Labute approximate surface area is 119 Å². The highest BCUT2D eigenvalue weighted by Crippen LogP contribution is 2.21. The van der Waals surface area contributed by atoms with E-state index in [0.29, 0.717) is 13.2 Å². The Morgan fingerprint density at radius 1 is 1.45 bits per heavy atom. The van der Waals surface area contributed by atoms with Crippen molar-refractivity contribution < 1.29 is 9.53 Å². The summed E-state index contributed by atoms with van der Waals surface area (Å²) in [6, 6.07) is 0. The van der Waals surface area contributed by atoms with Gasteiger partial charge >= 0.3 is 0 Å². The molecule has 1 saturated heterocycles. The van der Waals surface area contributed by atoms with E-state index >= 15 is 0 Å². The fourth-order valence-corrected chi connectivity index (χ4v) is 2.45. The van der Waals surface area contributed by atoms with E-state index in [0.717, 1.165) is 24.5 Å². The van der Waals surface area contributed by atoms with Gasteiger partial charge in [-0.25, -0.2) is 9.97 Å². The van der Waals surface area contributed by atoms with Crippen LogP contribution >= 0.6 is 0 Å². The number of amides is 1. The summed E-state index contributed by atoms with van der Waals surface area (Å²) in [4.78, 5) is 24.4. The summed E-state index contributed by atoms with van der Waals surface area (Å²) >= 11 is 0. The smallest absolute Gasteiger partial charge is 0.255 e. The minimum absolute atomic E-state index is 0.00218. The summed E-state index contributed by atoms with van der Waals surface area (Å²) in [5, 5.41) is 0. The van der Waals surface area contributed by atoms with Gasteiger partial charge < -0.3 is 9.64 Å². The summed E-state index contributed by atoms with van der Waals surface area (Å²) < 4.78 is 5.71. The van der Waals surface area contributed by atoms with Crippen molar-refractivity contribution in [1.82, 2.24) is 19.8 Å². The summed E-state index contributed by atoms with van der Waals surface area (Å²) in [5.74, 6) is 0.769. The normalized spacial score (nSPS) is 23.6. The third-order valence-corrected chi connectivity index (χ3v) is 3.45. The molecule has 6 heteroatoms. The fourth-order valence-electron chi connectivity index (χ4n) is 2.45. The van der Waals surface area contributed by atoms with Crippen LogP contribution in [-0.2, 0) is 16.1 Å². The van der Waals surface area contributed by atoms with Crippen LogP contribution in [-0.4, -0.2) is 65.1 Å². The second-order valence-electron chi connectivity index (χ2n) is 5.63. The molecule has 20 heavy (non-hydrogen) atoms.